The summed E-state index contributed by atoms with van der Waals surface area (Å²) in [4.78, 5) is 20.3. The van der Waals surface area contributed by atoms with Crippen LogP contribution in [0.2, 0.25) is 0 Å². The first kappa shape index (κ1) is 14.2. The average Bonchev–Trinajstić information content (AvgIpc) is 2.70. The Morgan fingerprint density at radius 1 is 1.56 bits per heavy atom. The number of rotatable bonds is 3. The van der Waals surface area contributed by atoms with Gasteiger partial charge in [0.2, 0.25) is 0 Å². The highest BCUT2D eigenvalue weighted by Gasteiger charge is 2.12. The van der Waals surface area contributed by atoms with E-state index in [0.717, 1.165) is 21.5 Å². The summed E-state index contributed by atoms with van der Waals surface area (Å²) in [5.74, 6) is 1.14. The van der Waals surface area contributed by atoms with E-state index in [1.165, 1.54) is 0 Å². The molecule has 0 atom stereocenters. The van der Waals surface area contributed by atoms with Gasteiger partial charge in [0, 0.05) is 9.85 Å². The summed E-state index contributed by atoms with van der Waals surface area (Å²) in [5.41, 5.74) is 0.828. The number of aromatic nitrogens is 2. The van der Waals surface area contributed by atoms with Gasteiger partial charge in [-0.2, -0.15) is 0 Å². The number of H-pyrrole nitrogens is 1. The Morgan fingerprint density at radius 2 is 2.28 bits per heavy atom. The molecule has 0 spiro atoms. The molecule has 0 aromatic carbocycles. The SMILES string of the molecule is CC(C)Cc1nc(-c2cc(Br)cs2)[nH]c(=O)c1I. The van der Waals surface area contributed by atoms with Crippen molar-refractivity contribution >= 4 is 49.9 Å². The smallest absolute Gasteiger partial charge is 0.264 e. The van der Waals surface area contributed by atoms with Crippen LogP contribution in [-0.2, 0) is 6.42 Å². The average molecular weight is 439 g/mol. The summed E-state index contributed by atoms with van der Waals surface area (Å²) in [5, 5.41) is 1.98. The number of hydrogen-bond donors (Lipinski definition) is 1. The molecule has 2 rings (SSSR count). The van der Waals surface area contributed by atoms with Gasteiger partial charge in [-0.3, -0.25) is 4.79 Å². The predicted molar refractivity (Wildman–Crippen MR) is 87.1 cm³/mol. The third kappa shape index (κ3) is 3.21. The molecule has 1 N–H and O–H groups in total. The zero-order chi connectivity index (χ0) is 13.3. The first-order chi connectivity index (χ1) is 8.47. The largest absolute Gasteiger partial charge is 0.305 e. The molecule has 0 aliphatic carbocycles. The van der Waals surface area contributed by atoms with Crippen LogP contribution in [0.1, 0.15) is 19.5 Å². The monoisotopic (exact) mass is 438 g/mol. The molecule has 0 radical (unpaired) electrons. The normalized spacial score (nSPS) is 11.2. The number of nitrogens with zero attached hydrogens (tertiary/aromatic N) is 1. The van der Waals surface area contributed by atoms with Crippen molar-refractivity contribution < 1.29 is 0 Å². The highest BCUT2D eigenvalue weighted by molar-refractivity contribution is 14.1. The number of aromatic amines is 1. The van der Waals surface area contributed by atoms with Gasteiger partial charge in [0.1, 0.15) is 0 Å². The van der Waals surface area contributed by atoms with Crippen molar-refractivity contribution in [3.8, 4) is 10.7 Å². The van der Waals surface area contributed by atoms with Gasteiger partial charge in [-0.15, -0.1) is 11.3 Å². The van der Waals surface area contributed by atoms with Crippen LogP contribution in [-0.4, -0.2) is 9.97 Å². The molecule has 0 saturated heterocycles. The molecule has 0 amide bonds. The quantitative estimate of drug-likeness (QED) is 0.734. The van der Waals surface area contributed by atoms with E-state index in [1.54, 1.807) is 11.3 Å². The van der Waals surface area contributed by atoms with Gasteiger partial charge < -0.3 is 4.98 Å². The van der Waals surface area contributed by atoms with E-state index in [4.69, 9.17) is 0 Å². The molecule has 18 heavy (non-hydrogen) atoms. The van der Waals surface area contributed by atoms with Crippen molar-refractivity contribution in [2.75, 3.05) is 0 Å². The second-order valence-electron chi connectivity index (χ2n) is 4.40. The molecule has 2 aromatic rings. The van der Waals surface area contributed by atoms with E-state index in [1.807, 2.05) is 11.4 Å². The molecular weight excluding hydrogens is 427 g/mol. The van der Waals surface area contributed by atoms with Crippen LogP contribution >= 0.6 is 49.9 Å². The summed E-state index contributed by atoms with van der Waals surface area (Å²) in [6.07, 6.45) is 0.821. The third-order valence-corrected chi connectivity index (χ3v) is 5.14. The van der Waals surface area contributed by atoms with Crippen molar-refractivity contribution in [1.82, 2.24) is 9.97 Å². The van der Waals surface area contributed by atoms with E-state index in [2.05, 4.69) is 62.3 Å². The number of hydrogen-bond acceptors (Lipinski definition) is 3. The van der Waals surface area contributed by atoms with E-state index < -0.39 is 0 Å². The molecule has 0 unspecified atom stereocenters. The lowest BCUT2D eigenvalue weighted by molar-refractivity contribution is 0.631. The maximum absolute atomic E-state index is 11.9. The minimum Gasteiger partial charge on any atom is -0.305 e. The molecule has 0 fully saturated rings. The third-order valence-electron chi connectivity index (χ3n) is 2.33. The van der Waals surface area contributed by atoms with Crippen LogP contribution in [0.15, 0.2) is 20.7 Å². The molecule has 96 valence electrons. The summed E-state index contributed by atoms with van der Waals surface area (Å²) >= 11 is 7.04. The van der Waals surface area contributed by atoms with Crippen LogP contribution in [0.4, 0.5) is 0 Å². The van der Waals surface area contributed by atoms with E-state index in [0.29, 0.717) is 15.3 Å². The van der Waals surface area contributed by atoms with Crippen molar-refractivity contribution in [2.45, 2.75) is 20.3 Å². The molecule has 0 saturated carbocycles. The van der Waals surface area contributed by atoms with E-state index in [-0.39, 0.29) is 5.56 Å². The summed E-state index contributed by atoms with van der Waals surface area (Å²) < 4.78 is 1.70. The van der Waals surface area contributed by atoms with Gasteiger partial charge >= 0.3 is 0 Å². The fourth-order valence-electron chi connectivity index (χ4n) is 1.58. The molecule has 2 aromatic heterocycles. The summed E-state index contributed by atoms with van der Waals surface area (Å²) in [7, 11) is 0. The molecule has 0 aliphatic rings. The fraction of sp³-hybridized carbons (Fsp3) is 0.333. The van der Waals surface area contributed by atoms with Crippen LogP contribution in [0.3, 0.4) is 0 Å². The second-order valence-corrected chi connectivity index (χ2v) is 7.31. The molecule has 6 heteroatoms. The minimum atomic E-state index is -0.0548. The Kier molecular flexibility index (Phi) is 4.60. The highest BCUT2D eigenvalue weighted by Crippen LogP contribution is 2.27. The molecule has 0 bridgehead atoms. The fourth-order valence-corrected chi connectivity index (χ4v) is 3.43. The number of thiophene rings is 1. The maximum atomic E-state index is 11.9. The zero-order valence-electron chi connectivity index (χ0n) is 9.96. The summed E-state index contributed by atoms with van der Waals surface area (Å²) in [6.45, 7) is 4.25. The molecule has 3 nitrogen and oxygen atoms in total. The molecule has 0 aliphatic heterocycles. The lowest BCUT2D eigenvalue weighted by atomic mass is 10.1. The Labute approximate surface area is 131 Å². The Morgan fingerprint density at radius 3 is 2.83 bits per heavy atom. The number of nitrogens with one attached hydrogen (secondary N) is 1. The van der Waals surface area contributed by atoms with Crippen molar-refractivity contribution in [3.63, 3.8) is 0 Å². The van der Waals surface area contributed by atoms with Crippen LogP contribution < -0.4 is 5.56 Å². The first-order valence-electron chi connectivity index (χ1n) is 5.50. The Balaban J connectivity index is 2.50. The Hall–Kier alpha value is -0.210. The van der Waals surface area contributed by atoms with Crippen molar-refractivity contribution in [3.05, 3.63) is 35.5 Å². The second kappa shape index (κ2) is 5.83. The number of halogens is 2. The standard InChI is InChI=1S/C12H12BrIN2OS/c1-6(2)3-8-10(14)12(17)16-11(15-8)9-4-7(13)5-18-9/h4-6H,3H2,1-2H3,(H,15,16,17). The van der Waals surface area contributed by atoms with E-state index >= 15 is 0 Å². The van der Waals surface area contributed by atoms with Crippen LogP contribution in [0.5, 0.6) is 0 Å². The van der Waals surface area contributed by atoms with Crippen LogP contribution in [0.25, 0.3) is 10.7 Å². The van der Waals surface area contributed by atoms with Crippen molar-refractivity contribution in [1.29, 1.82) is 0 Å². The van der Waals surface area contributed by atoms with Gasteiger partial charge in [0.25, 0.3) is 5.56 Å². The van der Waals surface area contributed by atoms with Gasteiger partial charge in [0.15, 0.2) is 5.82 Å². The van der Waals surface area contributed by atoms with Gasteiger partial charge in [-0.1, -0.05) is 13.8 Å². The predicted octanol–water partition coefficient (Wildman–Crippen LogP) is 4.06. The van der Waals surface area contributed by atoms with Gasteiger partial charge in [0.05, 0.1) is 14.1 Å². The highest BCUT2D eigenvalue weighted by atomic mass is 127. The first-order valence-corrected chi connectivity index (χ1v) is 8.25. The van der Waals surface area contributed by atoms with Gasteiger partial charge in [-0.05, 0) is 56.9 Å². The lowest BCUT2D eigenvalue weighted by Crippen LogP contribution is -2.17. The molecule has 2 heterocycles. The lowest BCUT2D eigenvalue weighted by Gasteiger charge is -2.07. The van der Waals surface area contributed by atoms with E-state index in [9.17, 15) is 4.79 Å². The Bertz CT molecular complexity index is 621. The topological polar surface area (TPSA) is 45.8 Å². The van der Waals surface area contributed by atoms with Gasteiger partial charge in [-0.25, -0.2) is 4.98 Å². The maximum Gasteiger partial charge on any atom is 0.264 e. The van der Waals surface area contributed by atoms with Crippen molar-refractivity contribution in [2.24, 2.45) is 5.92 Å². The van der Waals surface area contributed by atoms with Crippen LogP contribution in [0, 0.1) is 9.49 Å². The zero-order valence-corrected chi connectivity index (χ0v) is 14.5. The summed E-state index contributed by atoms with van der Waals surface area (Å²) in [6, 6.07) is 1.97. The molecular formula is C12H12BrIN2OS. The minimum absolute atomic E-state index is 0.0548.